The number of aromatic nitrogens is 2. The molecule has 3 rings (SSSR count). The maximum atomic E-state index is 13.7. The first-order valence-electron chi connectivity index (χ1n) is 7.90. The van der Waals surface area contributed by atoms with E-state index in [4.69, 9.17) is 0 Å². The highest BCUT2D eigenvalue weighted by Gasteiger charge is 2.19. The smallest absolute Gasteiger partial charge is 0.274 e. The van der Waals surface area contributed by atoms with Gasteiger partial charge in [0.25, 0.3) is 5.91 Å². The van der Waals surface area contributed by atoms with E-state index in [1.807, 2.05) is 4.90 Å². The number of carbonyl (C=O) groups excluding carboxylic acids is 1. The summed E-state index contributed by atoms with van der Waals surface area (Å²) in [4.78, 5) is 23.0. The van der Waals surface area contributed by atoms with Crippen molar-refractivity contribution in [3.05, 3.63) is 47.3 Å². The van der Waals surface area contributed by atoms with Gasteiger partial charge < -0.3 is 10.2 Å². The Morgan fingerprint density at radius 2 is 1.79 bits per heavy atom. The van der Waals surface area contributed by atoms with Crippen LogP contribution in [-0.4, -0.2) is 29.0 Å². The van der Waals surface area contributed by atoms with E-state index < -0.39 is 23.2 Å². The topological polar surface area (TPSA) is 58.1 Å². The lowest BCUT2D eigenvalue weighted by molar-refractivity contribution is 0.102. The normalized spacial score (nSPS) is 14.5. The van der Waals surface area contributed by atoms with Gasteiger partial charge in [0.1, 0.15) is 23.0 Å². The number of anilines is 2. The third kappa shape index (κ3) is 3.50. The van der Waals surface area contributed by atoms with E-state index in [-0.39, 0.29) is 5.69 Å². The molecule has 24 heavy (non-hydrogen) atoms. The third-order valence-corrected chi connectivity index (χ3v) is 3.92. The highest BCUT2D eigenvalue weighted by atomic mass is 19.1. The molecule has 0 bridgehead atoms. The van der Waals surface area contributed by atoms with Crippen LogP contribution in [0, 0.1) is 18.6 Å². The Balaban J connectivity index is 1.85. The van der Waals surface area contributed by atoms with E-state index in [1.54, 1.807) is 6.92 Å². The van der Waals surface area contributed by atoms with Crippen LogP contribution in [0.2, 0.25) is 0 Å². The molecule has 2 aromatic rings. The lowest BCUT2D eigenvalue weighted by Crippen LogP contribution is -2.32. The Labute approximate surface area is 138 Å². The average molecular weight is 332 g/mol. The Bertz CT molecular complexity index is 740. The number of halogens is 2. The predicted octanol–water partition coefficient (Wildman–Crippen LogP) is 3.31. The van der Waals surface area contributed by atoms with Gasteiger partial charge in [-0.15, -0.1) is 0 Å². The van der Waals surface area contributed by atoms with Crippen LogP contribution in [0.4, 0.5) is 20.4 Å². The van der Waals surface area contributed by atoms with Crippen molar-refractivity contribution in [3.8, 4) is 0 Å². The molecule has 126 valence electrons. The number of piperidine rings is 1. The van der Waals surface area contributed by atoms with E-state index in [9.17, 15) is 13.6 Å². The van der Waals surface area contributed by atoms with Crippen molar-refractivity contribution in [3.63, 3.8) is 0 Å². The zero-order valence-electron chi connectivity index (χ0n) is 13.4. The summed E-state index contributed by atoms with van der Waals surface area (Å²) in [6, 6.07) is 4.91. The molecule has 1 aliphatic rings. The summed E-state index contributed by atoms with van der Waals surface area (Å²) in [7, 11) is 0. The molecule has 1 aromatic heterocycles. The second kappa shape index (κ2) is 6.90. The number of hydrogen-bond donors (Lipinski definition) is 1. The van der Waals surface area contributed by atoms with Gasteiger partial charge in [0.2, 0.25) is 5.95 Å². The van der Waals surface area contributed by atoms with Gasteiger partial charge in [0.15, 0.2) is 0 Å². The second-order valence-corrected chi connectivity index (χ2v) is 5.79. The number of nitrogens with zero attached hydrogens (tertiary/aromatic N) is 3. The van der Waals surface area contributed by atoms with E-state index in [0.717, 1.165) is 38.1 Å². The molecule has 0 unspecified atom stereocenters. The summed E-state index contributed by atoms with van der Waals surface area (Å²) < 4.78 is 27.4. The van der Waals surface area contributed by atoms with Crippen molar-refractivity contribution in [1.82, 2.24) is 9.97 Å². The van der Waals surface area contributed by atoms with Gasteiger partial charge in [0, 0.05) is 18.8 Å². The van der Waals surface area contributed by atoms with Crippen LogP contribution in [0.5, 0.6) is 0 Å². The van der Waals surface area contributed by atoms with E-state index in [0.29, 0.717) is 11.6 Å². The molecule has 1 N–H and O–H groups in total. The minimum absolute atomic E-state index is 0.0886. The number of aryl methyl sites for hydroxylation is 1. The number of carbonyl (C=O) groups is 1. The number of para-hydroxylation sites is 1. The molecule has 0 atom stereocenters. The molecular weight excluding hydrogens is 314 g/mol. The first-order valence-corrected chi connectivity index (χ1v) is 7.90. The summed E-state index contributed by atoms with van der Waals surface area (Å²) in [5.74, 6) is -1.84. The van der Waals surface area contributed by atoms with Gasteiger partial charge in [-0.1, -0.05) is 6.07 Å². The summed E-state index contributed by atoms with van der Waals surface area (Å²) in [6.07, 6.45) is 3.28. The van der Waals surface area contributed by atoms with Gasteiger partial charge in [-0.25, -0.2) is 18.7 Å². The van der Waals surface area contributed by atoms with E-state index >= 15 is 0 Å². The number of nitrogens with one attached hydrogen (secondary N) is 1. The largest absolute Gasteiger partial charge is 0.341 e. The third-order valence-electron chi connectivity index (χ3n) is 3.92. The highest BCUT2D eigenvalue weighted by Crippen LogP contribution is 2.20. The SMILES string of the molecule is Cc1cc(C(=O)Nc2c(F)cccc2F)nc(N2CCCCC2)n1. The first kappa shape index (κ1) is 16.3. The highest BCUT2D eigenvalue weighted by molar-refractivity contribution is 6.03. The van der Waals surface area contributed by atoms with Crippen molar-refractivity contribution in [1.29, 1.82) is 0 Å². The summed E-state index contributed by atoms with van der Waals surface area (Å²) >= 11 is 0. The number of amides is 1. The van der Waals surface area contributed by atoms with E-state index in [1.165, 1.54) is 18.6 Å². The Morgan fingerprint density at radius 3 is 2.46 bits per heavy atom. The zero-order valence-corrected chi connectivity index (χ0v) is 13.4. The number of hydrogen-bond acceptors (Lipinski definition) is 4. The molecule has 5 nitrogen and oxygen atoms in total. The van der Waals surface area contributed by atoms with Crippen LogP contribution in [0.25, 0.3) is 0 Å². The molecule has 1 aliphatic heterocycles. The quantitative estimate of drug-likeness (QED) is 0.937. The van der Waals surface area contributed by atoms with Crippen LogP contribution in [0.1, 0.15) is 35.4 Å². The average Bonchev–Trinajstić information content (AvgIpc) is 2.58. The van der Waals surface area contributed by atoms with Crippen LogP contribution < -0.4 is 10.2 Å². The minimum Gasteiger partial charge on any atom is -0.341 e. The van der Waals surface area contributed by atoms with Crippen LogP contribution in [-0.2, 0) is 0 Å². The summed E-state index contributed by atoms with van der Waals surface area (Å²) in [5.41, 5.74) is 0.244. The monoisotopic (exact) mass is 332 g/mol. The molecule has 1 aromatic carbocycles. The molecule has 2 heterocycles. The maximum Gasteiger partial charge on any atom is 0.274 e. The fraction of sp³-hybridized carbons (Fsp3) is 0.353. The molecule has 0 spiro atoms. The fourth-order valence-corrected chi connectivity index (χ4v) is 2.70. The molecule has 0 aliphatic carbocycles. The van der Waals surface area contributed by atoms with Gasteiger partial charge in [0.05, 0.1) is 0 Å². The van der Waals surface area contributed by atoms with Crippen molar-refractivity contribution >= 4 is 17.5 Å². The Morgan fingerprint density at radius 1 is 1.12 bits per heavy atom. The summed E-state index contributed by atoms with van der Waals surface area (Å²) in [6.45, 7) is 3.44. The van der Waals surface area contributed by atoms with E-state index in [2.05, 4.69) is 15.3 Å². The molecule has 0 radical (unpaired) electrons. The lowest BCUT2D eigenvalue weighted by atomic mass is 10.1. The fourth-order valence-electron chi connectivity index (χ4n) is 2.70. The van der Waals surface area contributed by atoms with Crippen molar-refractivity contribution in [2.24, 2.45) is 0 Å². The Kier molecular flexibility index (Phi) is 4.69. The van der Waals surface area contributed by atoms with Crippen molar-refractivity contribution in [2.45, 2.75) is 26.2 Å². The molecule has 1 fully saturated rings. The molecule has 1 saturated heterocycles. The first-order chi connectivity index (χ1) is 11.5. The second-order valence-electron chi connectivity index (χ2n) is 5.79. The van der Waals surface area contributed by atoms with Gasteiger partial charge in [-0.05, 0) is 44.4 Å². The van der Waals surface area contributed by atoms with Crippen LogP contribution in [0.15, 0.2) is 24.3 Å². The number of benzene rings is 1. The van der Waals surface area contributed by atoms with Gasteiger partial charge in [-0.2, -0.15) is 0 Å². The molecule has 7 heteroatoms. The molecule has 1 amide bonds. The van der Waals surface area contributed by atoms with Crippen molar-refractivity contribution < 1.29 is 13.6 Å². The molecule has 0 saturated carbocycles. The zero-order chi connectivity index (χ0) is 17.1. The standard InChI is InChI=1S/C17H18F2N4O/c1-11-10-14(21-17(20-11)23-8-3-2-4-9-23)16(24)22-15-12(18)6-5-7-13(15)19/h5-7,10H,2-4,8-9H2,1H3,(H,22,24). The minimum atomic E-state index is -0.828. The Hall–Kier alpha value is -2.57. The lowest BCUT2D eigenvalue weighted by Gasteiger charge is -2.27. The number of rotatable bonds is 3. The maximum absolute atomic E-state index is 13.7. The predicted molar refractivity (Wildman–Crippen MR) is 87.1 cm³/mol. The summed E-state index contributed by atoms with van der Waals surface area (Å²) in [5, 5.41) is 2.25. The van der Waals surface area contributed by atoms with Crippen LogP contribution >= 0.6 is 0 Å². The van der Waals surface area contributed by atoms with Gasteiger partial charge in [-0.3, -0.25) is 4.79 Å². The van der Waals surface area contributed by atoms with Crippen LogP contribution in [0.3, 0.4) is 0 Å². The molecular formula is C17H18F2N4O. The van der Waals surface area contributed by atoms with Gasteiger partial charge >= 0.3 is 0 Å². The van der Waals surface area contributed by atoms with Crippen molar-refractivity contribution in [2.75, 3.05) is 23.3 Å².